The molecule has 2 fully saturated rings. The van der Waals surface area contributed by atoms with E-state index in [0.29, 0.717) is 26.1 Å². The van der Waals surface area contributed by atoms with Gasteiger partial charge < -0.3 is 20.5 Å². The summed E-state index contributed by atoms with van der Waals surface area (Å²) in [6.07, 6.45) is -4.02. The normalized spacial score (nSPS) is 21.0. The van der Waals surface area contributed by atoms with Crippen LogP contribution in [0, 0.1) is 5.92 Å². The molecule has 2 aliphatic heterocycles. The Hall–Kier alpha value is -1.16. The highest BCUT2D eigenvalue weighted by Gasteiger charge is 2.49. The number of ether oxygens (including phenoxy) is 2. The minimum Gasteiger partial charge on any atom is -0.344 e. The number of likely N-dealkylation sites (tertiary alicyclic amines) is 1. The van der Waals surface area contributed by atoms with Gasteiger partial charge in [-0.1, -0.05) is 28.1 Å². The molecule has 2 heterocycles. The van der Waals surface area contributed by atoms with Gasteiger partial charge in [0.05, 0.1) is 13.2 Å². The SMILES string of the molecule is N.O=C(N1CCC(C2(c3ccc(Br)cc3)OCCO2)CC1)C(F)(F)F. The van der Waals surface area contributed by atoms with E-state index in [4.69, 9.17) is 9.47 Å². The summed E-state index contributed by atoms with van der Waals surface area (Å²) in [7, 11) is 0. The maximum absolute atomic E-state index is 12.6. The summed E-state index contributed by atoms with van der Waals surface area (Å²) in [6.45, 7) is 0.984. The van der Waals surface area contributed by atoms with Gasteiger partial charge in [0.2, 0.25) is 0 Å². The molecule has 25 heavy (non-hydrogen) atoms. The van der Waals surface area contributed by atoms with Crippen LogP contribution in [0.3, 0.4) is 0 Å². The first-order valence-corrected chi connectivity index (χ1v) is 8.52. The fraction of sp³-hybridized carbons (Fsp3) is 0.562. The lowest BCUT2D eigenvalue weighted by molar-refractivity contribution is -0.218. The number of carbonyl (C=O) groups is 1. The van der Waals surface area contributed by atoms with Gasteiger partial charge in [0.25, 0.3) is 0 Å². The zero-order valence-corrected chi connectivity index (χ0v) is 15.1. The molecular weight excluding hydrogens is 405 g/mol. The van der Waals surface area contributed by atoms with E-state index in [0.717, 1.165) is 14.9 Å². The van der Waals surface area contributed by atoms with Crippen LogP contribution >= 0.6 is 15.9 Å². The third-order valence-corrected chi connectivity index (χ3v) is 5.05. The number of rotatable bonds is 2. The number of hydrogen-bond acceptors (Lipinski definition) is 4. The van der Waals surface area contributed by atoms with E-state index in [1.165, 1.54) is 0 Å². The van der Waals surface area contributed by atoms with Crippen LogP contribution < -0.4 is 6.15 Å². The maximum atomic E-state index is 12.6. The molecule has 1 aromatic carbocycles. The molecule has 0 aliphatic carbocycles. The highest BCUT2D eigenvalue weighted by Crippen LogP contribution is 2.44. The molecule has 5 nitrogen and oxygen atoms in total. The van der Waals surface area contributed by atoms with Crippen LogP contribution in [-0.4, -0.2) is 43.3 Å². The summed E-state index contributed by atoms with van der Waals surface area (Å²) in [5.74, 6) is -2.81. The van der Waals surface area contributed by atoms with Crippen molar-refractivity contribution in [3.63, 3.8) is 0 Å². The summed E-state index contributed by atoms with van der Waals surface area (Å²) < 4.78 is 50.4. The number of hydrogen-bond donors (Lipinski definition) is 1. The molecule has 3 rings (SSSR count). The van der Waals surface area contributed by atoms with Crippen LogP contribution in [0.25, 0.3) is 0 Å². The van der Waals surface area contributed by atoms with Gasteiger partial charge in [-0.15, -0.1) is 0 Å². The number of benzene rings is 1. The minimum absolute atomic E-state index is 0. The van der Waals surface area contributed by atoms with Crippen molar-refractivity contribution >= 4 is 21.8 Å². The van der Waals surface area contributed by atoms with Crippen molar-refractivity contribution in [1.29, 1.82) is 0 Å². The predicted octanol–water partition coefficient (Wildman–Crippen LogP) is 3.61. The molecule has 0 bridgehead atoms. The Bertz CT molecular complexity index is 596. The molecule has 0 radical (unpaired) electrons. The molecule has 0 unspecified atom stereocenters. The summed E-state index contributed by atoms with van der Waals surface area (Å²) in [4.78, 5) is 12.2. The van der Waals surface area contributed by atoms with Crippen LogP contribution in [-0.2, 0) is 20.1 Å². The van der Waals surface area contributed by atoms with E-state index in [-0.39, 0.29) is 25.2 Å². The molecule has 1 aromatic rings. The lowest BCUT2D eigenvalue weighted by Gasteiger charge is -2.41. The first kappa shape index (κ1) is 20.2. The third kappa shape index (κ3) is 3.99. The largest absolute Gasteiger partial charge is 0.471 e. The molecule has 140 valence electrons. The average Bonchev–Trinajstić information content (AvgIpc) is 3.05. The molecule has 9 heteroatoms. The van der Waals surface area contributed by atoms with E-state index in [1.54, 1.807) is 0 Å². The second-order valence-electron chi connectivity index (χ2n) is 5.94. The Morgan fingerprint density at radius 3 is 2.12 bits per heavy atom. The molecule has 0 saturated carbocycles. The van der Waals surface area contributed by atoms with Crippen LogP contribution in [0.2, 0.25) is 0 Å². The van der Waals surface area contributed by atoms with Gasteiger partial charge >= 0.3 is 12.1 Å². The molecule has 0 atom stereocenters. The molecule has 1 amide bonds. The Morgan fingerprint density at radius 1 is 1.12 bits per heavy atom. The number of alkyl halides is 3. The van der Waals surface area contributed by atoms with Crippen molar-refractivity contribution in [3.05, 3.63) is 34.3 Å². The van der Waals surface area contributed by atoms with Crippen molar-refractivity contribution in [2.45, 2.75) is 24.8 Å². The number of carbonyl (C=O) groups excluding carboxylic acids is 1. The van der Waals surface area contributed by atoms with Crippen LogP contribution in [0.5, 0.6) is 0 Å². The lowest BCUT2D eigenvalue weighted by atomic mass is 9.84. The van der Waals surface area contributed by atoms with Gasteiger partial charge in [-0.2, -0.15) is 13.2 Å². The molecule has 2 saturated heterocycles. The van der Waals surface area contributed by atoms with E-state index >= 15 is 0 Å². The number of piperidine rings is 1. The van der Waals surface area contributed by atoms with Crippen molar-refractivity contribution in [3.8, 4) is 0 Å². The quantitative estimate of drug-likeness (QED) is 0.786. The second kappa shape index (κ2) is 7.61. The Balaban J connectivity index is 0.00000225. The fourth-order valence-electron chi connectivity index (χ4n) is 3.39. The highest BCUT2D eigenvalue weighted by molar-refractivity contribution is 9.10. The number of amides is 1. The van der Waals surface area contributed by atoms with Crippen molar-refractivity contribution in [1.82, 2.24) is 11.1 Å². The van der Waals surface area contributed by atoms with E-state index in [9.17, 15) is 18.0 Å². The average molecular weight is 425 g/mol. The van der Waals surface area contributed by atoms with Gasteiger partial charge in [0.1, 0.15) is 0 Å². The monoisotopic (exact) mass is 424 g/mol. The molecule has 0 aromatic heterocycles. The molecule has 3 N–H and O–H groups in total. The smallest absolute Gasteiger partial charge is 0.344 e. The van der Waals surface area contributed by atoms with E-state index in [2.05, 4.69) is 15.9 Å². The summed E-state index contributed by atoms with van der Waals surface area (Å²) >= 11 is 3.38. The summed E-state index contributed by atoms with van der Waals surface area (Å²) in [6, 6.07) is 7.54. The summed E-state index contributed by atoms with van der Waals surface area (Å²) in [5.41, 5.74) is 0.851. The predicted molar refractivity (Wildman–Crippen MR) is 88.1 cm³/mol. The van der Waals surface area contributed by atoms with Crippen molar-refractivity contribution < 1.29 is 27.4 Å². The molecule has 2 aliphatic rings. The number of nitrogens with zero attached hydrogens (tertiary/aromatic N) is 1. The third-order valence-electron chi connectivity index (χ3n) is 4.53. The van der Waals surface area contributed by atoms with Crippen LogP contribution in [0.4, 0.5) is 13.2 Å². The number of halogens is 4. The van der Waals surface area contributed by atoms with E-state index in [1.807, 2.05) is 24.3 Å². The standard InChI is InChI=1S/C16H17BrF3NO3.H3N/c17-13-3-1-11(2-4-13)15(23-9-10-24-15)12-5-7-21(8-6-12)14(22)16(18,19)20;/h1-4,12H,5-10H2;1H3. The highest BCUT2D eigenvalue weighted by atomic mass is 79.9. The first-order chi connectivity index (χ1) is 11.3. The fourth-order valence-corrected chi connectivity index (χ4v) is 3.65. The van der Waals surface area contributed by atoms with Gasteiger partial charge in [-0.05, 0) is 25.0 Å². The van der Waals surface area contributed by atoms with Gasteiger partial charge in [0, 0.05) is 29.0 Å². The van der Waals surface area contributed by atoms with Gasteiger partial charge in [-0.25, -0.2) is 0 Å². The Morgan fingerprint density at radius 2 is 1.64 bits per heavy atom. The zero-order valence-electron chi connectivity index (χ0n) is 13.5. The maximum Gasteiger partial charge on any atom is 0.471 e. The second-order valence-corrected chi connectivity index (χ2v) is 6.85. The Kier molecular flexibility index (Phi) is 6.13. The Labute approximate surface area is 152 Å². The van der Waals surface area contributed by atoms with Crippen molar-refractivity contribution in [2.75, 3.05) is 26.3 Å². The van der Waals surface area contributed by atoms with Gasteiger partial charge in [0.15, 0.2) is 5.79 Å². The zero-order chi connectivity index (χ0) is 17.4. The lowest BCUT2D eigenvalue weighted by Crippen LogP contribution is -2.49. The summed E-state index contributed by atoms with van der Waals surface area (Å²) in [5, 5.41) is 0. The minimum atomic E-state index is -4.82. The molecular formula is C16H20BrF3N2O3. The topological polar surface area (TPSA) is 73.8 Å². The van der Waals surface area contributed by atoms with Gasteiger partial charge in [-0.3, -0.25) is 4.79 Å². The molecule has 0 spiro atoms. The van der Waals surface area contributed by atoms with E-state index < -0.39 is 17.9 Å². The first-order valence-electron chi connectivity index (χ1n) is 7.73. The van der Waals surface area contributed by atoms with Crippen LogP contribution in [0.1, 0.15) is 18.4 Å². The van der Waals surface area contributed by atoms with Crippen molar-refractivity contribution in [2.24, 2.45) is 5.92 Å². The van der Waals surface area contributed by atoms with Crippen LogP contribution in [0.15, 0.2) is 28.7 Å².